The minimum atomic E-state index is -0.378. The Kier molecular flexibility index (Phi) is 6.51. The van der Waals surface area contributed by atoms with Gasteiger partial charge in [0.05, 0.1) is 28.5 Å². The van der Waals surface area contributed by atoms with Crippen LogP contribution in [0.2, 0.25) is 0 Å². The van der Waals surface area contributed by atoms with Crippen LogP contribution in [0.3, 0.4) is 0 Å². The van der Waals surface area contributed by atoms with Crippen LogP contribution in [-0.2, 0) is 0 Å². The van der Waals surface area contributed by atoms with Gasteiger partial charge < -0.3 is 19.5 Å². The van der Waals surface area contributed by atoms with Crippen LogP contribution in [0, 0.1) is 10.1 Å². The maximum Gasteiger partial charge on any atom is 0.271 e. The van der Waals surface area contributed by atoms with E-state index >= 15 is 0 Å². The lowest BCUT2D eigenvalue weighted by Crippen LogP contribution is -2.30. The number of anilines is 1. The quantitative estimate of drug-likeness (QED) is 0.173. The van der Waals surface area contributed by atoms with Gasteiger partial charge in [0.25, 0.3) is 5.69 Å². The highest BCUT2D eigenvalue weighted by Crippen LogP contribution is 2.42. The fourth-order valence-electron chi connectivity index (χ4n) is 5.44. The van der Waals surface area contributed by atoms with Gasteiger partial charge in [0.2, 0.25) is 0 Å². The van der Waals surface area contributed by atoms with Crippen molar-refractivity contribution in [2.45, 2.75) is 43.9 Å². The van der Waals surface area contributed by atoms with Crippen molar-refractivity contribution >= 4 is 28.7 Å². The van der Waals surface area contributed by atoms with Gasteiger partial charge in [-0.15, -0.1) is 0 Å². The lowest BCUT2D eigenvalue weighted by atomic mass is 10.0. The molecule has 1 aliphatic carbocycles. The van der Waals surface area contributed by atoms with Gasteiger partial charge in [-0.1, -0.05) is 12.1 Å². The Morgan fingerprint density at radius 2 is 1.79 bits per heavy atom. The molecule has 38 heavy (non-hydrogen) atoms. The minimum Gasteiger partial charge on any atom is -0.490 e. The lowest BCUT2D eigenvalue weighted by molar-refractivity contribution is -0.384. The van der Waals surface area contributed by atoms with Gasteiger partial charge in [-0.3, -0.25) is 15.1 Å². The van der Waals surface area contributed by atoms with Crippen LogP contribution in [0.15, 0.2) is 91.3 Å². The Morgan fingerprint density at radius 1 is 0.974 bits per heavy atom. The molecule has 0 amide bonds. The topological polar surface area (TPSA) is 85.5 Å². The van der Waals surface area contributed by atoms with E-state index in [2.05, 4.69) is 15.2 Å². The van der Waals surface area contributed by atoms with Crippen LogP contribution < -0.4 is 15.0 Å². The second kappa shape index (κ2) is 10.3. The summed E-state index contributed by atoms with van der Waals surface area (Å²) in [7, 11) is 0. The second-order valence-corrected chi connectivity index (χ2v) is 9.98. The molecule has 9 heteroatoms. The molecule has 3 heterocycles. The third-order valence-electron chi connectivity index (χ3n) is 7.22. The van der Waals surface area contributed by atoms with E-state index in [1.54, 1.807) is 18.3 Å². The fraction of sp³-hybridized carbons (Fsp3) is 0.241. The first-order chi connectivity index (χ1) is 18.6. The van der Waals surface area contributed by atoms with Gasteiger partial charge in [0, 0.05) is 35.9 Å². The van der Waals surface area contributed by atoms with Crippen molar-refractivity contribution < 1.29 is 9.66 Å². The molecule has 1 N–H and O–H groups in total. The summed E-state index contributed by atoms with van der Waals surface area (Å²) in [4.78, 5) is 17.8. The van der Waals surface area contributed by atoms with Crippen LogP contribution in [0.1, 0.15) is 49.2 Å². The van der Waals surface area contributed by atoms with Gasteiger partial charge >= 0.3 is 0 Å². The summed E-state index contributed by atoms with van der Waals surface area (Å²) in [6, 6.07) is 24.0. The van der Waals surface area contributed by atoms with Crippen LogP contribution >= 0.6 is 12.2 Å². The zero-order chi connectivity index (χ0) is 26.1. The smallest absolute Gasteiger partial charge is 0.271 e. The number of pyridine rings is 1. The van der Waals surface area contributed by atoms with Crippen LogP contribution in [0.5, 0.6) is 5.75 Å². The molecule has 0 bridgehead atoms. The number of rotatable bonds is 7. The van der Waals surface area contributed by atoms with Gasteiger partial charge in [-0.05, 0) is 92.5 Å². The van der Waals surface area contributed by atoms with Crippen molar-refractivity contribution in [3.05, 3.63) is 113 Å². The van der Waals surface area contributed by atoms with Crippen LogP contribution in [-0.4, -0.2) is 25.7 Å². The average molecular weight is 526 g/mol. The van der Waals surface area contributed by atoms with E-state index in [9.17, 15) is 10.1 Å². The van der Waals surface area contributed by atoms with E-state index in [-0.39, 0.29) is 28.8 Å². The monoisotopic (exact) mass is 525 g/mol. The van der Waals surface area contributed by atoms with E-state index in [0.717, 1.165) is 35.7 Å². The maximum atomic E-state index is 11.5. The van der Waals surface area contributed by atoms with E-state index in [4.69, 9.17) is 17.0 Å². The first-order valence-electron chi connectivity index (χ1n) is 12.8. The molecule has 1 aliphatic heterocycles. The standard InChI is InChI=1S/C29H27N5O3S/c35-34(36)22-8-5-7-21(19-22)32-18-6-12-26(32)28-27(25-11-3-4-17-30-25)31-29(38)33(28)20-13-15-24(16-14-20)37-23-9-1-2-10-23/h3-8,11-19,23,27-28H,1-2,9-10H2,(H,31,38). The third kappa shape index (κ3) is 4.61. The number of nitro benzene ring substituents is 1. The molecule has 2 unspecified atom stereocenters. The molecular weight excluding hydrogens is 498 g/mol. The van der Waals surface area contributed by atoms with Gasteiger partial charge in [-0.25, -0.2) is 0 Å². The number of benzene rings is 2. The summed E-state index contributed by atoms with van der Waals surface area (Å²) in [5.41, 5.74) is 3.46. The Hall–Kier alpha value is -4.24. The molecule has 8 nitrogen and oxygen atoms in total. The Labute approximate surface area is 226 Å². The SMILES string of the molecule is O=[N+]([O-])c1cccc(-n2cccc2C2C(c3ccccn3)NC(=S)N2c2ccc(OC3CCCC3)cc2)c1. The maximum absolute atomic E-state index is 11.5. The Bertz CT molecular complexity index is 1450. The Morgan fingerprint density at radius 3 is 2.53 bits per heavy atom. The summed E-state index contributed by atoms with van der Waals surface area (Å²) >= 11 is 5.87. The highest BCUT2D eigenvalue weighted by atomic mass is 32.1. The van der Waals surface area contributed by atoms with E-state index in [0.29, 0.717) is 10.8 Å². The molecule has 1 saturated carbocycles. The molecule has 2 aromatic heterocycles. The highest BCUT2D eigenvalue weighted by Gasteiger charge is 2.42. The predicted molar refractivity (Wildman–Crippen MR) is 150 cm³/mol. The second-order valence-electron chi connectivity index (χ2n) is 9.59. The number of aromatic nitrogens is 2. The highest BCUT2D eigenvalue weighted by molar-refractivity contribution is 7.80. The molecule has 2 fully saturated rings. The van der Waals surface area contributed by atoms with Crippen molar-refractivity contribution in [2.24, 2.45) is 0 Å². The summed E-state index contributed by atoms with van der Waals surface area (Å²) < 4.78 is 8.16. The molecular formula is C29H27N5O3S. The molecule has 192 valence electrons. The van der Waals surface area contributed by atoms with Crippen molar-refractivity contribution in [1.29, 1.82) is 0 Å². The first kappa shape index (κ1) is 24.1. The van der Waals surface area contributed by atoms with Crippen molar-refractivity contribution in [3.63, 3.8) is 0 Å². The molecule has 2 aromatic carbocycles. The molecule has 1 saturated heterocycles. The zero-order valence-corrected chi connectivity index (χ0v) is 21.5. The van der Waals surface area contributed by atoms with Crippen molar-refractivity contribution in [1.82, 2.24) is 14.9 Å². The molecule has 6 rings (SSSR count). The number of nitrogens with one attached hydrogen (secondary N) is 1. The summed E-state index contributed by atoms with van der Waals surface area (Å²) in [6.45, 7) is 0. The molecule has 0 spiro atoms. The third-order valence-corrected chi connectivity index (χ3v) is 7.53. The largest absolute Gasteiger partial charge is 0.490 e. The molecule has 2 atom stereocenters. The summed E-state index contributed by atoms with van der Waals surface area (Å²) in [5.74, 6) is 0.858. The number of non-ortho nitro benzene ring substituents is 1. The van der Waals surface area contributed by atoms with E-state index < -0.39 is 0 Å². The fourth-order valence-corrected chi connectivity index (χ4v) is 5.79. The number of nitro groups is 1. The molecule has 4 aromatic rings. The van der Waals surface area contributed by atoms with Crippen LogP contribution in [0.4, 0.5) is 11.4 Å². The van der Waals surface area contributed by atoms with Crippen molar-refractivity contribution in [3.8, 4) is 11.4 Å². The van der Waals surface area contributed by atoms with Gasteiger partial charge in [-0.2, -0.15) is 0 Å². The molecule has 2 aliphatic rings. The summed E-state index contributed by atoms with van der Waals surface area (Å²) in [5, 5.41) is 15.5. The number of nitrogens with zero attached hydrogens (tertiary/aromatic N) is 4. The van der Waals surface area contributed by atoms with Crippen LogP contribution in [0.25, 0.3) is 5.69 Å². The normalized spacial score (nSPS) is 19.5. The number of hydrogen-bond donors (Lipinski definition) is 1. The van der Waals surface area contributed by atoms with Crippen molar-refractivity contribution in [2.75, 3.05) is 4.90 Å². The number of thiocarbonyl (C=S) groups is 1. The van der Waals surface area contributed by atoms with E-state index in [1.165, 1.54) is 18.9 Å². The minimum absolute atomic E-state index is 0.0400. The van der Waals surface area contributed by atoms with E-state index in [1.807, 2.05) is 71.4 Å². The van der Waals surface area contributed by atoms with Gasteiger partial charge in [0.15, 0.2) is 5.11 Å². The average Bonchev–Trinajstić information content (AvgIpc) is 3.70. The summed E-state index contributed by atoms with van der Waals surface area (Å²) in [6.07, 6.45) is 8.62. The Balaban J connectivity index is 1.40. The molecule has 0 radical (unpaired) electrons. The van der Waals surface area contributed by atoms with Gasteiger partial charge in [0.1, 0.15) is 11.8 Å². The predicted octanol–water partition coefficient (Wildman–Crippen LogP) is 6.28. The zero-order valence-electron chi connectivity index (χ0n) is 20.6. The first-order valence-corrected chi connectivity index (χ1v) is 13.2. The number of hydrogen-bond acceptors (Lipinski definition) is 5. The number of ether oxygens (including phenoxy) is 1. The lowest BCUT2D eigenvalue weighted by Gasteiger charge is -2.29.